The van der Waals surface area contributed by atoms with Crippen LogP contribution in [0.2, 0.25) is 0 Å². The average Bonchev–Trinajstić information content (AvgIpc) is 3.24. The van der Waals surface area contributed by atoms with Crippen molar-refractivity contribution in [3.63, 3.8) is 0 Å². The Kier molecular flexibility index (Phi) is 6.67. The predicted molar refractivity (Wildman–Crippen MR) is 132 cm³/mol. The van der Waals surface area contributed by atoms with Gasteiger partial charge in [0.1, 0.15) is 18.3 Å². The van der Waals surface area contributed by atoms with Gasteiger partial charge in [0.15, 0.2) is 0 Å². The van der Waals surface area contributed by atoms with Crippen LogP contribution < -0.4 is 10.9 Å². The lowest BCUT2D eigenvalue weighted by Gasteiger charge is -2.22. The van der Waals surface area contributed by atoms with E-state index in [1.165, 1.54) is 45.5 Å². The zero-order chi connectivity index (χ0) is 25.4. The number of aliphatic carboxylic acids is 1. The number of carboxylic acids is 1. The molecule has 0 fully saturated rings. The summed E-state index contributed by atoms with van der Waals surface area (Å²) in [6.07, 6.45) is 0.130. The minimum Gasteiger partial charge on any atom is -0.506 e. The van der Waals surface area contributed by atoms with Crippen molar-refractivity contribution in [3.05, 3.63) is 73.6 Å². The fourth-order valence-electron chi connectivity index (χ4n) is 5.08. The summed E-state index contributed by atoms with van der Waals surface area (Å²) >= 11 is 0. The van der Waals surface area contributed by atoms with Crippen molar-refractivity contribution in [3.8, 4) is 5.75 Å². The van der Waals surface area contributed by atoms with Gasteiger partial charge in [-0.2, -0.15) is 0 Å². The quantitative estimate of drug-likeness (QED) is 0.303. The number of aromatic amines is 1. The van der Waals surface area contributed by atoms with E-state index in [1.54, 1.807) is 12.1 Å². The molecule has 0 unspecified atom stereocenters. The van der Waals surface area contributed by atoms with Gasteiger partial charge in [-0.25, -0.2) is 0 Å². The maximum Gasteiger partial charge on any atom is 0.317 e. The number of benzene rings is 2. The summed E-state index contributed by atoms with van der Waals surface area (Å²) < 4.78 is 5.59. The number of aromatic hydroxyl groups is 1. The van der Waals surface area contributed by atoms with E-state index in [1.807, 2.05) is 0 Å². The van der Waals surface area contributed by atoms with Gasteiger partial charge in [0.05, 0.1) is 5.52 Å². The molecule has 0 saturated heterocycles. The van der Waals surface area contributed by atoms with Gasteiger partial charge in [0.2, 0.25) is 5.56 Å². The van der Waals surface area contributed by atoms with E-state index in [4.69, 9.17) is 9.84 Å². The van der Waals surface area contributed by atoms with Gasteiger partial charge in [0.25, 0.3) is 0 Å². The Balaban J connectivity index is 1.62. The van der Waals surface area contributed by atoms with Crippen LogP contribution in [0.4, 0.5) is 0 Å². The molecule has 1 aliphatic rings. The van der Waals surface area contributed by atoms with Gasteiger partial charge < -0.3 is 25.3 Å². The van der Waals surface area contributed by atoms with Gasteiger partial charge in [0, 0.05) is 29.6 Å². The normalized spacial score (nSPS) is 14.2. The first-order valence-electron chi connectivity index (χ1n) is 11.6. The fourth-order valence-corrected chi connectivity index (χ4v) is 5.08. The SMILES string of the molecule is Cc1c(C)c(C)c2c(c1C)CC(NC[C@@H](OC(=O)CC(=O)O)c1ccc(O)c3[nH]c(=O)ccc13)C2. The van der Waals surface area contributed by atoms with Crippen molar-refractivity contribution in [2.45, 2.75) is 59.1 Å². The number of phenolic OH excluding ortho intramolecular Hbond substituents is 1. The molecule has 1 heterocycles. The molecule has 4 rings (SSSR count). The monoisotopic (exact) mass is 478 g/mol. The second-order valence-electron chi connectivity index (χ2n) is 9.30. The second-order valence-corrected chi connectivity index (χ2v) is 9.30. The molecule has 8 heteroatoms. The number of carbonyl (C=O) groups excluding carboxylic acids is 1. The van der Waals surface area contributed by atoms with Crippen LogP contribution in [-0.4, -0.2) is 39.7 Å². The predicted octanol–water partition coefficient (Wildman–Crippen LogP) is 3.28. The van der Waals surface area contributed by atoms with Crippen LogP contribution in [0.3, 0.4) is 0 Å². The first-order chi connectivity index (χ1) is 16.6. The molecule has 1 aromatic heterocycles. The third-order valence-corrected chi connectivity index (χ3v) is 7.27. The van der Waals surface area contributed by atoms with Crippen molar-refractivity contribution < 1.29 is 24.5 Å². The summed E-state index contributed by atoms with van der Waals surface area (Å²) in [6, 6.07) is 6.08. The number of nitrogens with one attached hydrogen (secondary N) is 2. The van der Waals surface area contributed by atoms with Gasteiger partial charge in [-0.1, -0.05) is 6.07 Å². The zero-order valence-corrected chi connectivity index (χ0v) is 20.3. The van der Waals surface area contributed by atoms with Crippen molar-refractivity contribution in [1.82, 2.24) is 10.3 Å². The molecule has 0 saturated carbocycles. The smallest absolute Gasteiger partial charge is 0.317 e. The third kappa shape index (κ3) is 4.79. The molecule has 1 aliphatic carbocycles. The van der Waals surface area contributed by atoms with Gasteiger partial charge >= 0.3 is 11.9 Å². The highest BCUT2D eigenvalue weighted by atomic mass is 16.5. The molecular weight excluding hydrogens is 448 g/mol. The van der Waals surface area contributed by atoms with E-state index in [2.05, 4.69) is 38.0 Å². The summed E-state index contributed by atoms with van der Waals surface area (Å²) in [6.45, 7) is 8.86. The Bertz CT molecular complexity index is 1350. The summed E-state index contributed by atoms with van der Waals surface area (Å²) in [7, 11) is 0. The van der Waals surface area contributed by atoms with E-state index < -0.39 is 24.5 Å². The van der Waals surface area contributed by atoms with E-state index in [0.717, 1.165) is 12.8 Å². The summed E-state index contributed by atoms with van der Waals surface area (Å²) in [5, 5.41) is 23.3. The Labute approximate surface area is 202 Å². The van der Waals surface area contributed by atoms with Crippen LogP contribution in [0.5, 0.6) is 5.75 Å². The number of H-pyrrole nitrogens is 1. The molecule has 0 amide bonds. The fraction of sp³-hybridized carbons (Fsp3) is 0.370. The molecule has 0 spiro atoms. The molecule has 0 radical (unpaired) electrons. The molecule has 3 aromatic rings. The van der Waals surface area contributed by atoms with Crippen molar-refractivity contribution in [2.75, 3.05) is 6.54 Å². The molecule has 2 aromatic carbocycles. The number of carbonyl (C=O) groups is 2. The number of hydrogen-bond acceptors (Lipinski definition) is 6. The van der Waals surface area contributed by atoms with Crippen LogP contribution in [0.15, 0.2) is 29.1 Å². The highest BCUT2D eigenvalue weighted by Gasteiger charge is 2.28. The van der Waals surface area contributed by atoms with Gasteiger partial charge in [-0.15, -0.1) is 0 Å². The van der Waals surface area contributed by atoms with E-state index in [-0.39, 0.29) is 29.4 Å². The topological polar surface area (TPSA) is 129 Å². The van der Waals surface area contributed by atoms with E-state index >= 15 is 0 Å². The standard InChI is InChI=1S/C27H30N2O6/c1-13-14(2)16(4)21-10-17(9-20(21)15(13)3)28-12-23(35-26(34)11-25(32)33)18-5-7-22(30)27-19(18)6-8-24(31)29-27/h5-8,17,23,28,30H,9-12H2,1-4H3,(H,29,31)(H,32,33)/t23-/m1/s1. The molecular formula is C27H30N2O6. The summed E-state index contributed by atoms with van der Waals surface area (Å²) in [5.74, 6) is -2.24. The van der Waals surface area contributed by atoms with Crippen molar-refractivity contribution >= 4 is 22.8 Å². The Hall–Kier alpha value is -3.65. The molecule has 0 aliphatic heterocycles. The maximum atomic E-state index is 12.3. The summed E-state index contributed by atoms with van der Waals surface area (Å²) in [5.41, 5.74) is 8.39. The molecule has 184 valence electrons. The lowest BCUT2D eigenvalue weighted by Crippen LogP contribution is -2.35. The number of hydrogen-bond donors (Lipinski definition) is 4. The molecule has 8 nitrogen and oxygen atoms in total. The zero-order valence-electron chi connectivity index (χ0n) is 20.3. The Morgan fingerprint density at radius 1 is 1.03 bits per heavy atom. The van der Waals surface area contributed by atoms with Crippen molar-refractivity contribution in [2.24, 2.45) is 0 Å². The van der Waals surface area contributed by atoms with Gasteiger partial charge in [-0.05, 0) is 86.1 Å². The average molecular weight is 479 g/mol. The number of phenols is 1. The van der Waals surface area contributed by atoms with E-state index in [9.17, 15) is 19.5 Å². The maximum absolute atomic E-state index is 12.3. The third-order valence-electron chi connectivity index (χ3n) is 7.27. The molecule has 0 bridgehead atoms. The lowest BCUT2D eigenvalue weighted by atomic mass is 9.90. The van der Waals surface area contributed by atoms with Crippen LogP contribution in [-0.2, 0) is 27.2 Å². The minimum absolute atomic E-state index is 0.104. The highest BCUT2D eigenvalue weighted by molar-refractivity contribution is 5.91. The largest absolute Gasteiger partial charge is 0.506 e. The van der Waals surface area contributed by atoms with Crippen LogP contribution in [0, 0.1) is 27.7 Å². The van der Waals surface area contributed by atoms with E-state index in [0.29, 0.717) is 10.9 Å². The van der Waals surface area contributed by atoms with Crippen LogP contribution in [0.1, 0.15) is 51.5 Å². The molecule has 35 heavy (non-hydrogen) atoms. The first-order valence-corrected chi connectivity index (χ1v) is 11.6. The van der Waals surface area contributed by atoms with Crippen LogP contribution >= 0.6 is 0 Å². The summed E-state index contributed by atoms with van der Waals surface area (Å²) in [4.78, 5) is 37.7. The Morgan fingerprint density at radius 2 is 1.66 bits per heavy atom. The number of esters is 1. The number of rotatable bonds is 7. The number of fused-ring (bicyclic) bond motifs is 2. The first kappa shape index (κ1) is 24.5. The lowest BCUT2D eigenvalue weighted by molar-refractivity contribution is -0.155. The number of aromatic nitrogens is 1. The number of ether oxygens (including phenoxy) is 1. The Morgan fingerprint density at radius 3 is 2.26 bits per heavy atom. The molecule has 1 atom stereocenters. The van der Waals surface area contributed by atoms with Crippen LogP contribution in [0.25, 0.3) is 10.9 Å². The number of pyridine rings is 1. The minimum atomic E-state index is -1.27. The molecule has 4 N–H and O–H groups in total. The second kappa shape index (κ2) is 9.54. The van der Waals surface area contributed by atoms with Gasteiger partial charge in [-0.3, -0.25) is 14.4 Å². The number of carboxylic acid groups (broad SMARTS) is 1. The highest BCUT2D eigenvalue weighted by Crippen LogP contribution is 2.34. The van der Waals surface area contributed by atoms with Crippen molar-refractivity contribution in [1.29, 1.82) is 0 Å².